The van der Waals surface area contributed by atoms with Gasteiger partial charge in [-0.2, -0.15) is 0 Å². The molecule has 3 atom stereocenters. The monoisotopic (exact) mass is 186 g/mol. The number of carboxylic acids is 1. The molecule has 3 heteroatoms. The van der Waals surface area contributed by atoms with Crippen LogP contribution in [0, 0.1) is 17.3 Å². The van der Waals surface area contributed by atoms with Crippen molar-refractivity contribution < 1.29 is 15.0 Å². The Morgan fingerprint density at radius 2 is 2.00 bits per heavy atom. The Morgan fingerprint density at radius 3 is 2.38 bits per heavy atom. The standard InChI is InChI=1S/C10H18O3/c1-6-4-7(11)5-10(2,3)8(6)9(12)13/h6-8,11H,4-5H2,1-3H3,(H,12,13)/t6-,7-,8+/m1/s1. The van der Waals surface area contributed by atoms with Crippen LogP contribution in [-0.4, -0.2) is 22.3 Å². The molecule has 0 aliphatic heterocycles. The van der Waals surface area contributed by atoms with Gasteiger partial charge in [-0.05, 0) is 24.2 Å². The van der Waals surface area contributed by atoms with Gasteiger partial charge in [-0.1, -0.05) is 20.8 Å². The van der Waals surface area contributed by atoms with Crippen molar-refractivity contribution in [2.24, 2.45) is 17.3 Å². The average Bonchev–Trinajstić information content (AvgIpc) is 1.78. The Labute approximate surface area is 78.8 Å². The number of hydrogen-bond acceptors (Lipinski definition) is 2. The molecule has 0 bridgehead atoms. The minimum absolute atomic E-state index is 0.0660. The predicted octanol–water partition coefficient (Wildman–Crippen LogP) is 1.50. The summed E-state index contributed by atoms with van der Waals surface area (Å²) < 4.78 is 0. The van der Waals surface area contributed by atoms with Crippen LogP contribution >= 0.6 is 0 Å². The second-order valence-corrected chi connectivity index (χ2v) is 4.88. The molecule has 2 N–H and O–H groups in total. The fourth-order valence-electron chi connectivity index (χ4n) is 2.73. The van der Waals surface area contributed by atoms with Crippen LogP contribution in [0.3, 0.4) is 0 Å². The molecule has 1 rings (SSSR count). The van der Waals surface area contributed by atoms with E-state index in [1.165, 1.54) is 0 Å². The molecular formula is C10H18O3. The molecule has 13 heavy (non-hydrogen) atoms. The second-order valence-electron chi connectivity index (χ2n) is 4.88. The largest absolute Gasteiger partial charge is 0.481 e. The SMILES string of the molecule is C[C@@H]1C[C@@H](O)CC(C)(C)[C@@H]1C(=O)O. The first-order valence-electron chi connectivity index (χ1n) is 4.75. The summed E-state index contributed by atoms with van der Waals surface area (Å²) in [6.07, 6.45) is 0.870. The van der Waals surface area contributed by atoms with Gasteiger partial charge in [0.05, 0.1) is 12.0 Å². The van der Waals surface area contributed by atoms with Gasteiger partial charge in [0.2, 0.25) is 0 Å². The summed E-state index contributed by atoms with van der Waals surface area (Å²) >= 11 is 0. The van der Waals surface area contributed by atoms with Gasteiger partial charge in [0.1, 0.15) is 0 Å². The van der Waals surface area contributed by atoms with Gasteiger partial charge in [-0.25, -0.2) is 0 Å². The van der Waals surface area contributed by atoms with E-state index in [2.05, 4.69) is 0 Å². The van der Waals surface area contributed by atoms with Crippen molar-refractivity contribution in [1.82, 2.24) is 0 Å². The molecule has 0 aromatic rings. The van der Waals surface area contributed by atoms with Crippen molar-refractivity contribution in [2.45, 2.75) is 39.7 Å². The van der Waals surface area contributed by atoms with Crippen molar-refractivity contribution in [3.63, 3.8) is 0 Å². The number of carbonyl (C=O) groups is 1. The quantitative estimate of drug-likeness (QED) is 0.652. The zero-order chi connectivity index (χ0) is 10.2. The van der Waals surface area contributed by atoms with Gasteiger partial charge < -0.3 is 10.2 Å². The van der Waals surface area contributed by atoms with Crippen LogP contribution in [0.15, 0.2) is 0 Å². The number of rotatable bonds is 1. The van der Waals surface area contributed by atoms with Crippen LogP contribution in [0.5, 0.6) is 0 Å². The summed E-state index contributed by atoms with van der Waals surface area (Å²) in [5.41, 5.74) is -0.289. The first-order valence-corrected chi connectivity index (χ1v) is 4.75. The van der Waals surface area contributed by atoms with E-state index < -0.39 is 5.97 Å². The maximum absolute atomic E-state index is 11.0. The van der Waals surface area contributed by atoms with Gasteiger partial charge in [0.15, 0.2) is 0 Å². The minimum atomic E-state index is -0.732. The van der Waals surface area contributed by atoms with Crippen LogP contribution in [0.2, 0.25) is 0 Å². The predicted molar refractivity (Wildman–Crippen MR) is 49.3 cm³/mol. The van der Waals surface area contributed by atoms with E-state index in [1.54, 1.807) is 0 Å². The molecule has 0 aromatic carbocycles. The average molecular weight is 186 g/mol. The third kappa shape index (κ3) is 2.02. The molecule has 0 amide bonds. The van der Waals surface area contributed by atoms with Gasteiger partial charge in [0, 0.05) is 0 Å². The molecule has 3 nitrogen and oxygen atoms in total. The molecule has 0 saturated heterocycles. The highest BCUT2D eigenvalue weighted by molar-refractivity contribution is 5.71. The summed E-state index contributed by atoms with van der Waals surface area (Å²) in [5, 5.41) is 18.6. The Kier molecular flexibility index (Phi) is 2.66. The third-order valence-electron chi connectivity index (χ3n) is 3.08. The summed E-state index contributed by atoms with van der Waals surface area (Å²) in [6, 6.07) is 0. The first-order chi connectivity index (χ1) is 5.84. The van der Waals surface area contributed by atoms with Gasteiger partial charge in [-0.3, -0.25) is 4.79 Å². The molecule has 1 aliphatic rings. The van der Waals surface area contributed by atoms with Crippen molar-refractivity contribution in [1.29, 1.82) is 0 Å². The molecule has 1 aliphatic carbocycles. The first kappa shape index (κ1) is 10.5. The lowest BCUT2D eigenvalue weighted by Gasteiger charge is -2.42. The molecule has 1 fully saturated rings. The lowest BCUT2D eigenvalue weighted by atomic mass is 9.63. The third-order valence-corrected chi connectivity index (χ3v) is 3.08. The van der Waals surface area contributed by atoms with E-state index in [0.717, 1.165) is 0 Å². The second kappa shape index (κ2) is 3.29. The van der Waals surface area contributed by atoms with Crippen LogP contribution in [0.25, 0.3) is 0 Å². The summed E-state index contributed by atoms with van der Waals surface area (Å²) in [4.78, 5) is 11.0. The molecule has 0 unspecified atom stereocenters. The molecule has 76 valence electrons. The fourth-order valence-corrected chi connectivity index (χ4v) is 2.73. The van der Waals surface area contributed by atoms with Crippen molar-refractivity contribution in [3.05, 3.63) is 0 Å². The zero-order valence-electron chi connectivity index (χ0n) is 8.45. The highest BCUT2D eigenvalue weighted by Crippen LogP contribution is 2.43. The molecule has 0 heterocycles. The summed E-state index contributed by atoms with van der Waals surface area (Å²) in [6.45, 7) is 5.75. The highest BCUT2D eigenvalue weighted by atomic mass is 16.4. The van der Waals surface area contributed by atoms with E-state index in [0.29, 0.717) is 12.8 Å². The fraction of sp³-hybridized carbons (Fsp3) is 0.900. The lowest BCUT2D eigenvalue weighted by Crippen LogP contribution is -2.43. The van der Waals surface area contributed by atoms with Crippen LogP contribution in [0.4, 0.5) is 0 Å². The minimum Gasteiger partial charge on any atom is -0.481 e. The van der Waals surface area contributed by atoms with Crippen LogP contribution < -0.4 is 0 Å². The summed E-state index contributed by atoms with van der Waals surface area (Å²) in [5.74, 6) is -0.989. The van der Waals surface area contributed by atoms with Gasteiger partial charge in [0.25, 0.3) is 0 Å². The normalized spacial score (nSPS) is 38.6. The van der Waals surface area contributed by atoms with E-state index in [-0.39, 0.29) is 23.4 Å². The molecule has 0 radical (unpaired) electrons. The lowest BCUT2D eigenvalue weighted by molar-refractivity contribution is -0.153. The number of aliphatic hydroxyl groups is 1. The Bertz CT molecular complexity index is 210. The van der Waals surface area contributed by atoms with E-state index in [4.69, 9.17) is 5.11 Å². The molecule has 1 saturated carbocycles. The number of carboxylic acid groups (broad SMARTS) is 1. The maximum Gasteiger partial charge on any atom is 0.307 e. The highest BCUT2D eigenvalue weighted by Gasteiger charge is 2.44. The van der Waals surface area contributed by atoms with Gasteiger partial charge in [-0.15, -0.1) is 0 Å². The van der Waals surface area contributed by atoms with E-state index in [9.17, 15) is 9.90 Å². The molecule has 0 aromatic heterocycles. The topological polar surface area (TPSA) is 57.5 Å². The zero-order valence-corrected chi connectivity index (χ0v) is 8.45. The Morgan fingerprint density at radius 1 is 1.46 bits per heavy atom. The van der Waals surface area contributed by atoms with Crippen molar-refractivity contribution in [2.75, 3.05) is 0 Å². The van der Waals surface area contributed by atoms with Crippen LogP contribution in [0.1, 0.15) is 33.6 Å². The van der Waals surface area contributed by atoms with Crippen LogP contribution in [-0.2, 0) is 4.79 Å². The van der Waals surface area contributed by atoms with Crippen molar-refractivity contribution in [3.8, 4) is 0 Å². The Hall–Kier alpha value is -0.570. The van der Waals surface area contributed by atoms with E-state index in [1.807, 2.05) is 20.8 Å². The smallest absolute Gasteiger partial charge is 0.307 e. The number of hydrogen-bond donors (Lipinski definition) is 2. The van der Waals surface area contributed by atoms with E-state index >= 15 is 0 Å². The van der Waals surface area contributed by atoms with Gasteiger partial charge >= 0.3 is 5.97 Å². The van der Waals surface area contributed by atoms with Crippen molar-refractivity contribution >= 4 is 5.97 Å². The molecular weight excluding hydrogens is 168 g/mol. The number of aliphatic hydroxyl groups excluding tert-OH is 1. The Balaban J connectivity index is 2.85. The number of aliphatic carboxylic acids is 1. The molecule has 0 spiro atoms. The maximum atomic E-state index is 11.0. The summed E-state index contributed by atoms with van der Waals surface area (Å²) in [7, 11) is 0.